The second-order valence-corrected chi connectivity index (χ2v) is 6.58. The number of benzene rings is 1. The number of hydroxylamine groups is 2. The van der Waals surface area contributed by atoms with Crippen molar-refractivity contribution in [1.29, 1.82) is 0 Å². The fourth-order valence-corrected chi connectivity index (χ4v) is 2.20. The summed E-state index contributed by atoms with van der Waals surface area (Å²) in [4.78, 5) is 39.3. The smallest absolute Gasteiger partial charge is 0.325 e. The summed E-state index contributed by atoms with van der Waals surface area (Å²) >= 11 is 0. The number of sulfonamides is 1. The Morgan fingerprint density at radius 3 is 2.23 bits per heavy atom. The van der Waals surface area contributed by atoms with E-state index in [-0.39, 0.29) is 24.9 Å². The molecule has 0 aromatic heterocycles. The lowest BCUT2D eigenvalue weighted by molar-refractivity contribution is -0.172. The molecule has 22 heavy (non-hydrogen) atoms. The lowest BCUT2D eigenvalue weighted by Crippen LogP contribution is -2.32. The van der Waals surface area contributed by atoms with Gasteiger partial charge in [0.15, 0.2) is 0 Å². The van der Waals surface area contributed by atoms with Crippen molar-refractivity contribution in [2.75, 3.05) is 6.26 Å². The fourth-order valence-electron chi connectivity index (χ4n) is 1.77. The number of rotatable bonds is 5. The van der Waals surface area contributed by atoms with Crippen molar-refractivity contribution in [3.8, 4) is 0 Å². The predicted octanol–water partition coefficient (Wildman–Crippen LogP) is -0.0434. The molecule has 0 saturated carbocycles. The highest BCUT2D eigenvalue weighted by atomic mass is 32.2. The summed E-state index contributed by atoms with van der Waals surface area (Å²) in [6.45, 7) is 0.0945. The van der Waals surface area contributed by atoms with Gasteiger partial charge in [0.25, 0.3) is 11.8 Å². The molecular formula is C13H14N2O6S. The maximum absolute atomic E-state index is 11.8. The minimum absolute atomic E-state index is 0.0300. The van der Waals surface area contributed by atoms with Crippen molar-refractivity contribution in [1.82, 2.24) is 9.79 Å². The first-order valence-corrected chi connectivity index (χ1v) is 8.27. The van der Waals surface area contributed by atoms with Crippen molar-refractivity contribution in [3.63, 3.8) is 0 Å². The van der Waals surface area contributed by atoms with Crippen LogP contribution in [0, 0.1) is 0 Å². The molecule has 9 heteroatoms. The lowest BCUT2D eigenvalue weighted by atomic mass is 10.1. The van der Waals surface area contributed by atoms with Gasteiger partial charge >= 0.3 is 5.97 Å². The normalized spacial score (nSPS) is 15.2. The van der Waals surface area contributed by atoms with Crippen molar-refractivity contribution in [2.45, 2.75) is 19.4 Å². The molecule has 1 aromatic carbocycles. The van der Waals surface area contributed by atoms with Crippen LogP contribution in [0.1, 0.15) is 28.8 Å². The highest BCUT2D eigenvalue weighted by Gasteiger charge is 2.33. The number of hydrogen-bond donors (Lipinski definition) is 1. The summed E-state index contributed by atoms with van der Waals surface area (Å²) in [5.41, 5.74) is 0.797. The summed E-state index contributed by atoms with van der Waals surface area (Å²) < 4.78 is 24.3. The summed E-state index contributed by atoms with van der Waals surface area (Å²) in [6.07, 6.45) is 1.10. The lowest BCUT2D eigenvalue weighted by Gasteiger charge is -2.12. The third-order valence-corrected chi connectivity index (χ3v) is 3.58. The van der Waals surface area contributed by atoms with Gasteiger partial charge in [0.05, 0.1) is 11.8 Å². The molecule has 1 aliphatic rings. The van der Waals surface area contributed by atoms with E-state index in [0.717, 1.165) is 6.26 Å². The molecule has 0 spiro atoms. The molecule has 1 heterocycles. The van der Waals surface area contributed by atoms with Gasteiger partial charge in [-0.25, -0.2) is 17.9 Å². The Morgan fingerprint density at radius 2 is 1.73 bits per heavy atom. The van der Waals surface area contributed by atoms with Crippen molar-refractivity contribution < 1.29 is 27.6 Å². The molecule has 1 aromatic rings. The van der Waals surface area contributed by atoms with Crippen LogP contribution in [0.25, 0.3) is 0 Å². The number of amides is 2. The van der Waals surface area contributed by atoms with Gasteiger partial charge < -0.3 is 4.84 Å². The van der Waals surface area contributed by atoms with Crippen LogP contribution in [0.15, 0.2) is 24.3 Å². The highest BCUT2D eigenvalue weighted by molar-refractivity contribution is 7.88. The standard InChI is InChI=1S/C13H14N2O6S/c1-22(19,20)14-8-9-2-4-10(5-3-9)13(18)21-15-11(16)6-7-12(15)17/h2-5,14H,6-8H2,1H3. The van der Waals surface area contributed by atoms with Crippen LogP contribution in [-0.4, -0.2) is 37.5 Å². The molecule has 2 amide bonds. The van der Waals surface area contributed by atoms with Gasteiger partial charge in [-0.2, -0.15) is 0 Å². The van der Waals surface area contributed by atoms with Gasteiger partial charge in [-0.15, -0.1) is 5.06 Å². The first kappa shape index (κ1) is 16.1. The van der Waals surface area contributed by atoms with E-state index < -0.39 is 27.8 Å². The highest BCUT2D eigenvalue weighted by Crippen LogP contribution is 2.14. The van der Waals surface area contributed by atoms with Crippen molar-refractivity contribution in [2.24, 2.45) is 0 Å². The molecule has 0 bridgehead atoms. The third-order valence-electron chi connectivity index (χ3n) is 2.91. The van der Waals surface area contributed by atoms with E-state index in [1.54, 1.807) is 12.1 Å². The van der Waals surface area contributed by atoms with E-state index in [1.165, 1.54) is 12.1 Å². The SMILES string of the molecule is CS(=O)(=O)NCc1ccc(C(=O)ON2C(=O)CCC2=O)cc1. The number of carbonyl (C=O) groups is 3. The molecular weight excluding hydrogens is 312 g/mol. The molecule has 0 radical (unpaired) electrons. The first-order chi connectivity index (χ1) is 10.3. The molecule has 0 atom stereocenters. The third kappa shape index (κ3) is 4.12. The van der Waals surface area contributed by atoms with Crippen LogP contribution in [0.3, 0.4) is 0 Å². The van der Waals surface area contributed by atoms with Gasteiger partial charge in [0.1, 0.15) is 0 Å². The number of hydrogen-bond acceptors (Lipinski definition) is 6. The number of imide groups is 1. The van der Waals surface area contributed by atoms with Gasteiger partial charge in [-0.3, -0.25) is 9.59 Å². The molecule has 1 N–H and O–H groups in total. The minimum atomic E-state index is -3.30. The quantitative estimate of drug-likeness (QED) is 0.760. The summed E-state index contributed by atoms with van der Waals surface area (Å²) in [7, 11) is -3.30. The molecule has 1 saturated heterocycles. The zero-order valence-electron chi connectivity index (χ0n) is 11.7. The van der Waals surface area contributed by atoms with Crippen LogP contribution in [0.4, 0.5) is 0 Å². The summed E-state index contributed by atoms with van der Waals surface area (Å²) in [6, 6.07) is 5.93. The number of carbonyl (C=O) groups excluding carboxylic acids is 3. The molecule has 118 valence electrons. The van der Waals surface area contributed by atoms with Crippen molar-refractivity contribution in [3.05, 3.63) is 35.4 Å². The summed E-state index contributed by atoms with van der Waals surface area (Å²) in [5, 5.41) is 0.474. The number of nitrogens with one attached hydrogen (secondary N) is 1. The topological polar surface area (TPSA) is 110 Å². The molecule has 0 aliphatic carbocycles. The van der Waals surface area contributed by atoms with Crippen LogP contribution in [0.5, 0.6) is 0 Å². The molecule has 8 nitrogen and oxygen atoms in total. The van der Waals surface area contributed by atoms with E-state index in [0.29, 0.717) is 10.6 Å². The monoisotopic (exact) mass is 326 g/mol. The van der Waals surface area contributed by atoms with E-state index in [2.05, 4.69) is 4.72 Å². The van der Waals surface area contributed by atoms with Crippen molar-refractivity contribution >= 4 is 27.8 Å². The predicted molar refractivity (Wildman–Crippen MR) is 74.6 cm³/mol. The van der Waals surface area contributed by atoms with Gasteiger partial charge in [0, 0.05) is 19.4 Å². The average Bonchev–Trinajstić information content (AvgIpc) is 2.77. The average molecular weight is 326 g/mol. The van der Waals surface area contributed by atoms with Crippen LogP contribution >= 0.6 is 0 Å². The molecule has 1 aliphatic heterocycles. The largest absolute Gasteiger partial charge is 0.363 e. The zero-order valence-corrected chi connectivity index (χ0v) is 12.6. The Labute approximate surface area is 127 Å². The van der Waals surface area contributed by atoms with Crippen LogP contribution in [-0.2, 0) is 31.0 Å². The van der Waals surface area contributed by atoms with Gasteiger partial charge in [-0.1, -0.05) is 12.1 Å². The second kappa shape index (κ2) is 6.24. The van der Waals surface area contributed by atoms with E-state index >= 15 is 0 Å². The minimum Gasteiger partial charge on any atom is -0.325 e. The molecule has 2 rings (SSSR count). The van der Waals surface area contributed by atoms with Crippen LogP contribution < -0.4 is 4.72 Å². The first-order valence-electron chi connectivity index (χ1n) is 6.38. The van der Waals surface area contributed by atoms with E-state index in [1.807, 2.05) is 0 Å². The zero-order chi connectivity index (χ0) is 16.3. The number of nitrogens with zero attached hydrogens (tertiary/aromatic N) is 1. The Hall–Kier alpha value is -2.26. The molecule has 0 unspecified atom stereocenters. The Kier molecular flexibility index (Phi) is 4.57. The fraction of sp³-hybridized carbons (Fsp3) is 0.308. The molecule has 1 fully saturated rings. The Morgan fingerprint density at radius 1 is 1.18 bits per heavy atom. The Bertz CT molecular complexity index is 695. The van der Waals surface area contributed by atoms with E-state index in [4.69, 9.17) is 4.84 Å². The second-order valence-electron chi connectivity index (χ2n) is 4.75. The van der Waals surface area contributed by atoms with Gasteiger partial charge in [-0.05, 0) is 17.7 Å². The maximum atomic E-state index is 11.8. The van der Waals surface area contributed by atoms with Crippen LogP contribution in [0.2, 0.25) is 0 Å². The Balaban J connectivity index is 1.99. The maximum Gasteiger partial charge on any atom is 0.363 e. The van der Waals surface area contributed by atoms with Gasteiger partial charge in [0.2, 0.25) is 10.0 Å². The van der Waals surface area contributed by atoms with E-state index in [9.17, 15) is 22.8 Å². The summed E-state index contributed by atoms with van der Waals surface area (Å²) in [5.74, 6) is -1.93.